The van der Waals surface area contributed by atoms with E-state index in [0.717, 1.165) is 10.0 Å². The van der Waals surface area contributed by atoms with Gasteiger partial charge in [0, 0.05) is 0 Å². The number of halogens is 1. The van der Waals surface area contributed by atoms with Gasteiger partial charge in [0.1, 0.15) is 13.2 Å². The van der Waals surface area contributed by atoms with E-state index in [4.69, 9.17) is 9.47 Å². The molecule has 1 N–H and O–H groups in total. The first-order valence-electron chi connectivity index (χ1n) is 5.10. The molecule has 0 saturated heterocycles. The van der Waals surface area contributed by atoms with Gasteiger partial charge in [-0.15, -0.1) is 6.58 Å². The van der Waals surface area contributed by atoms with Crippen molar-refractivity contribution < 1.29 is 14.6 Å². The lowest BCUT2D eigenvalue weighted by atomic mass is 10.1. The molecule has 2 rings (SSSR count). The minimum Gasteiger partial charge on any atom is -0.486 e. The highest BCUT2D eigenvalue weighted by Gasteiger charge is 2.18. The topological polar surface area (TPSA) is 38.7 Å². The third-order valence-corrected chi connectivity index (χ3v) is 2.98. The monoisotopic (exact) mass is 284 g/mol. The van der Waals surface area contributed by atoms with Crippen LogP contribution in [0.25, 0.3) is 0 Å². The van der Waals surface area contributed by atoms with Gasteiger partial charge in [0.2, 0.25) is 0 Å². The molecule has 1 aromatic carbocycles. The zero-order valence-corrected chi connectivity index (χ0v) is 10.4. The van der Waals surface area contributed by atoms with Crippen molar-refractivity contribution in [3.8, 4) is 11.5 Å². The fourth-order valence-corrected chi connectivity index (χ4v) is 2.19. The standard InChI is InChI=1S/C12H13BrO3/c1-2-3-10(14)8-6-9(13)12-11(7-8)15-4-5-16-12/h2,6-7,10,14H,1,3-5H2. The lowest BCUT2D eigenvalue weighted by molar-refractivity contribution is 0.164. The summed E-state index contributed by atoms with van der Waals surface area (Å²) in [5.41, 5.74) is 0.802. The van der Waals surface area contributed by atoms with Crippen LogP contribution in [0.4, 0.5) is 0 Å². The maximum Gasteiger partial charge on any atom is 0.175 e. The molecule has 0 fully saturated rings. The second kappa shape index (κ2) is 4.89. The van der Waals surface area contributed by atoms with Gasteiger partial charge < -0.3 is 14.6 Å². The summed E-state index contributed by atoms with van der Waals surface area (Å²) >= 11 is 3.41. The number of hydrogen-bond donors (Lipinski definition) is 1. The molecular formula is C12H13BrO3. The van der Waals surface area contributed by atoms with Gasteiger partial charge >= 0.3 is 0 Å². The molecule has 1 atom stereocenters. The van der Waals surface area contributed by atoms with Crippen LogP contribution in [0, 0.1) is 0 Å². The molecular weight excluding hydrogens is 272 g/mol. The van der Waals surface area contributed by atoms with Crippen molar-refractivity contribution in [2.75, 3.05) is 13.2 Å². The number of hydrogen-bond acceptors (Lipinski definition) is 3. The SMILES string of the molecule is C=CCC(O)c1cc(Br)c2c(c1)OCCO2. The smallest absolute Gasteiger partial charge is 0.175 e. The van der Waals surface area contributed by atoms with Crippen LogP contribution in [0.2, 0.25) is 0 Å². The summed E-state index contributed by atoms with van der Waals surface area (Å²) in [4.78, 5) is 0. The third kappa shape index (κ3) is 2.23. The summed E-state index contributed by atoms with van der Waals surface area (Å²) in [5.74, 6) is 1.39. The van der Waals surface area contributed by atoms with Crippen LogP contribution >= 0.6 is 15.9 Å². The van der Waals surface area contributed by atoms with E-state index >= 15 is 0 Å². The number of rotatable bonds is 3. The molecule has 0 saturated carbocycles. The number of ether oxygens (including phenoxy) is 2. The van der Waals surface area contributed by atoms with Gasteiger partial charge in [-0.1, -0.05) is 6.08 Å². The summed E-state index contributed by atoms with van der Waals surface area (Å²) in [7, 11) is 0. The second-order valence-corrected chi connectivity index (χ2v) is 4.42. The third-order valence-electron chi connectivity index (χ3n) is 2.39. The predicted octanol–water partition coefficient (Wildman–Crippen LogP) is 2.83. The second-order valence-electron chi connectivity index (χ2n) is 3.57. The summed E-state index contributed by atoms with van der Waals surface area (Å²) in [6.45, 7) is 4.71. The Labute approximate surface area is 103 Å². The molecule has 0 aromatic heterocycles. The van der Waals surface area contributed by atoms with E-state index in [1.807, 2.05) is 12.1 Å². The number of aliphatic hydroxyl groups is 1. The Morgan fingerprint density at radius 1 is 1.44 bits per heavy atom. The van der Waals surface area contributed by atoms with E-state index < -0.39 is 6.10 Å². The van der Waals surface area contributed by atoms with Crippen LogP contribution in [-0.4, -0.2) is 18.3 Å². The maximum absolute atomic E-state index is 9.86. The molecule has 1 heterocycles. The Balaban J connectivity index is 2.34. The number of fused-ring (bicyclic) bond motifs is 1. The van der Waals surface area contributed by atoms with E-state index in [0.29, 0.717) is 31.1 Å². The Morgan fingerprint density at radius 2 is 2.19 bits per heavy atom. The first-order valence-corrected chi connectivity index (χ1v) is 5.89. The molecule has 1 aliphatic heterocycles. The molecule has 0 amide bonds. The van der Waals surface area contributed by atoms with Gasteiger partial charge in [-0.2, -0.15) is 0 Å². The van der Waals surface area contributed by atoms with Crippen molar-refractivity contribution in [1.82, 2.24) is 0 Å². The van der Waals surface area contributed by atoms with Gasteiger partial charge in [0.25, 0.3) is 0 Å². The summed E-state index contributed by atoms with van der Waals surface area (Å²) in [6, 6.07) is 3.66. The highest BCUT2D eigenvalue weighted by atomic mass is 79.9. The molecule has 1 unspecified atom stereocenters. The fourth-order valence-electron chi connectivity index (χ4n) is 1.62. The molecule has 0 radical (unpaired) electrons. The van der Waals surface area contributed by atoms with Crippen molar-refractivity contribution in [3.63, 3.8) is 0 Å². The van der Waals surface area contributed by atoms with Crippen molar-refractivity contribution >= 4 is 15.9 Å². The molecule has 16 heavy (non-hydrogen) atoms. The van der Waals surface area contributed by atoms with Gasteiger partial charge in [-0.3, -0.25) is 0 Å². The van der Waals surface area contributed by atoms with Gasteiger partial charge in [-0.05, 0) is 40.0 Å². The van der Waals surface area contributed by atoms with Crippen LogP contribution in [0.3, 0.4) is 0 Å². The first-order chi connectivity index (χ1) is 7.72. The minimum absolute atomic E-state index is 0.520. The van der Waals surface area contributed by atoms with E-state index in [-0.39, 0.29) is 0 Å². The van der Waals surface area contributed by atoms with E-state index in [2.05, 4.69) is 22.5 Å². The van der Waals surface area contributed by atoms with E-state index in [1.54, 1.807) is 6.08 Å². The highest BCUT2D eigenvalue weighted by Crippen LogP contribution is 2.40. The first kappa shape index (κ1) is 11.5. The largest absolute Gasteiger partial charge is 0.486 e. The lowest BCUT2D eigenvalue weighted by Gasteiger charge is -2.21. The van der Waals surface area contributed by atoms with E-state index in [9.17, 15) is 5.11 Å². The van der Waals surface area contributed by atoms with Gasteiger partial charge in [0.15, 0.2) is 11.5 Å². The zero-order chi connectivity index (χ0) is 11.5. The normalized spacial score (nSPS) is 15.6. The average molecular weight is 285 g/mol. The summed E-state index contributed by atoms with van der Waals surface area (Å²) < 4.78 is 11.8. The maximum atomic E-state index is 9.86. The van der Waals surface area contributed by atoms with Crippen LogP contribution in [-0.2, 0) is 0 Å². The number of aliphatic hydroxyl groups excluding tert-OH is 1. The Hall–Kier alpha value is -1.00. The lowest BCUT2D eigenvalue weighted by Crippen LogP contribution is -2.16. The average Bonchev–Trinajstić information content (AvgIpc) is 2.29. The molecule has 0 bridgehead atoms. The van der Waals surface area contributed by atoms with Crippen molar-refractivity contribution in [1.29, 1.82) is 0 Å². The molecule has 0 aliphatic carbocycles. The van der Waals surface area contributed by atoms with Crippen LogP contribution in [0.15, 0.2) is 29.3 Å². The van der Waals surface area contributed by atoms with Crippen molar-refractivity contribution in [3.05, 3.63) is 34.8 Å². The highest BCUT2D eigenvalue weighted by molar-refractivity contribution is 9.10. The Kier molecular flexibility index (Phi) is 3.51. The van der Waals surface area contributed by atoms with Crippen LogP contribution in [0.1, 0.15) is 18.1 Å². The molecule has 3 nitrogen and oxygen atoms in total. The van der Waals surface area contributed by atoms with E-state index in [1.165, 1.54) is 0 Å². The molecule has 0 spiro atoms. The van der Waals surface area contributed by atoms with Gasteiger partial charge in [0.05, 0.1) is 10.6 Å². The summed E-state index contributed by atoms with van der Waals surface area (Å²) in [5, 5.41) is 9.86. The zero-order valence-electron chi connectivity index (χ0n) is 8.78. The molecule has 4 heteroatoms. The quantitative estimate of drug-likeness (QED) is 0.868. The summed E-state index contributed by atoms with van der Waals surface area (Å²) in [6.07, 6.45) is 1.66. The van der Waals surface area contributed by atoms with Crippen molar-refractivity contribution in [2.45, 2.75) is 12.5 Å². The Bertz CT molecular complexity index is 403. The molecule has 1 aromatic rings. The molecule has 1 aliphatic rings. The fraction of sp³-hybridized carbons (Fsp3) is 0.333. The predicted molar refractivity (Wildman–Crippen MR) is 64.9 cm³/mol. The van der Waals surface area contributed by atoms with Gasteiger partial charge in [-0.25, -0.2) is 0 Å². The minimum atomic E-state index is -0.551. The van der Waals surface area contributed by atoms with Crippen molar-refractivity contribution in [2.24, 2.45) is 0 Å². The van der Waals surface area contributed by atoms with Crippen LogP contribution < -0.4 is 9.47 Å². The molecule has 86 valence electrons. The number of benzene rings is 1. The van der Waals surface area contributed by atoms with Crippen LogP contribution in [0.5, 0.6) is 11.5 Å². The Morgan fingerprint density at radius 3 is 2.94 bits per heavy atom.